The molecule has 0 aliphatic carbocycles. The highest BCUT2D eigenvalue weighted by molar-refractivity contribution is 5.85. The molecule has 0 atom stereocenters. The average Bonchev–Trinajstić information content (AvgIpc) is 2.64. The highest BCUT2D eigenvalue weighted by atomic mass is 35.5. The topological polar surface area (TPSA) is 50.4 Å². The zero-order chi connectivity index (χ0) is 17.0. The zero-order valence-electron chi connectivity index (χ0n) is 14.6. The van der Waals surface area contributed by atoms with Gasteiger partial charge in [-0.1, -0.05) is 60.7 Å². The van der Waals surface area contributed by atoms with Crippen molar-refractivity contribution in [2.45, 2.75) is 12.3 Å². The molecule has 0 fully saturated rings. The quantitative estimate of drug-likeness (QED) is 0.639. The molecule has 2 aromatic carbocycles. The summed E-state index contributed by atoms with van der Waals surface area (Å²) in [6.07, 6.45) is 0.873. The number of amides is 1. The third kappa shape index (κ3) is 7.69. The summed E-state index contributed by atoms with van der Waals surface area (Å²) in [6, 6.07) is 20.9. The molecule has 0 aliphatic rings. The number of carbonyl (C=O) groups excluding carboxylic acids is 1. The molecule has 0 saturated carbocycles. The van der Waals surface area contributed by atoms with Gasteiger partial charge in [-0.3, -0.25) is 4.79 Å². The van der Waals surface area contributed by atoms with E-state index in [2.05, 4.69) is 59.2 Å². The highest BCUT2D eigenvalue weighted by Gasteiger charge is 2.13. The van der Waals surface area contributed by atoms with E-state index >= 15 is 0 Å². The van der Waals surface area contributed by atoms with Crippen molar-refractivity contribution in [1.82, 2.24) is 10.6 Å². The van der Waals surface area contributed by atoms with Gasteiger partial charge in [-0.15, -0.1) is 12.4 Å². The van der Waals surface area contributed by atoms with Crippen LogP contribution in [0.25, 0.3) is 0 Å². The minimum Gasteiger partial charge on any atom is -0.383 e. The lowest BCUT2D eigenvalue weighted by atomic mass is 9.88. The molecule has 136 valence electrons. The number of benzene rings is 2. The fourth-order valence-electron chi connectivity index (χ4n) is 2.69. The second-order valence-electron chi connectivity index (χ2n) is 5.68. The molecule has 25 heavy (non-hydrogen) atoms. The minimum atomic E-state index is 0. The largest absolute Gasteiger partial charge is 0.383 e. The van der Waals surface area contributed by atoms with Crippen LogP contribution in [0.2, 0.25) is 0 Å². The van der Waals surface area contributed by atoms with Crippen LogP contribution in [-0.2, 0) is 9.53 Å². The van der Waals surface area contributed by atoms with Crippen LogP contribution < -0.4 is 10.6 Å². The number of methoxy groups -OCH3 is 1. The SMILES string of the molecule is COCCNCC(=O)NCCC(c1ccccc1)c1ccccc1.Cl. The summed E-state index contributed by atoms with van der Waals surface area (Å²) >= 11 is 0. The Morgan fingerprint density at radius 2 is 1.52 bits per heavy atom. The molecule has 2 rings (SSSR count). The van der Waals surface area contributed by atoms with Crippen molar-refractivity contribution in [3.63, 3.8) is 0 Å². The standard InChI is InChI=1S/C20H26N2O2.ClH/c1-24-15-14-21-16-20(23)22-13-12-19(17-8-4-2-5-9-17)18-10-6-3-7-11-18;/h2-11,19,21H,12-16H2,1H3,(H,22,23);1H. The third-order valence-corrected chi connectivity index (χ3v) is 3.93. The van der Waals surface area contributed by atoms with E-state index in [0.717, 1.165) is 6.42 Å². The summed E-state index contributed by atoms with van der Waals surface area (Å²) in [4.78, 5) is 11.8. The molecular weight excluding hydrogens is 336 g/mol. The second kappa shape index (κ2) is 12.5. The molecular formula is C20H27ClN2O2. The predicted molar refractivity (Wildman–Crippen MR) is 104 cm³/mol. The van der Waals surface area contributed by atoms with Gasteiger partial charge in [0, 0.05) is 26.1 Å². The van der Waals surface area contributed by atoms with Crippen molar-refractivity contribution in [3.05, 3.63) is 71.8 Å². The monoisotopic (exact) mass is 362 g/mol. The van der Waals surface area contributed by atoms with E-state index in [4.69, 9.17) is 4.74 Å². The van der Waals surface area contributed by atoms with E-state index in [-0.39, 0.29) is 24.2 Å². The Morgan fingerprint density at radius 3 is 2.04 bits per heavy atom. The van der Waals surface area contributed by atoms with E-state index in [0.29, 0.717) is 26.2 Å². The zero-order valence-corrected chi connectivity index (χ0v) is 15.4. The summed E-state index contributed by atoms with van der Waals surface area (Å²) in [5.41, 5.74) is 2.55. The number of ether oxygens (including phenoxy) is 1. The van der Waals surface area contributed by atoms with Crippen LogP contribution in [0.15, 0.2) is 60.7 Å². The predicted octanol–water partition coefficient (Wildman–Crippen LogP) is 2.98. The van der Waals surface area contributed by atoms with Crippen molar-refractivity contribution in [2.24, 2.45) is 0 Å². The number of hydrogen-bond donors (Lipinski definition) is 2. The average molecular weight is 363 g/mol. The van der Waals surface area contributed by atoms with E-state index in [1.807, 2.05) is 12.1 Å². The fourth-order valence-corrected chi connectivity index (χ4v) is 2.69. The minimum absolute atomic E-state index is 0. The second-order valence-corrected chi connectivity index (χ2v) is 5.68. The van der Waals surface area contributed by atoms with E-state index in [9.17, 15) is 4.79 Å². The number of halogens is 1. The van der Waals surface area contributed by atoms with Crippen LogP contribution in [0.5, 0.6) is 0 Å². The number of rotatable bonds is 10. The molecule has 0 bridgehead atoms. The first-order valence-corrected chi connectivity index (χ1v) is 8.37. The molecule has 0 aromatic heterocycles. The Labute approximate surface area is 156 Å². The van der Waals surface area contributed by atoms with Gasteiger partial charge < -0.3 is 15.4 Å². The first-order valence-electron chi connectivity index (χ1n) is 8.37. The molecule has 1 amide bonds. The summed E-state index contributed by atoms with van der Waals surface area (Å²) in [6.45, 7) is 2.27. The van der Waals surface area contributed by atoms with Gasteiger partial charge >= 0.3 is 0 Å². The van der Waals surface area contributed by atoms with Crippen LogP contribution in [0.3, 0.4) is 0 Å². The molecule has 5 heteroatoms. The van der Waals surface area contributed by atoms with Gasteiger partial charge in [0.15, 0.2) is 0 Å². The lowest BCUT2D eigenvalue weighted by Crippen LogP contribution is -2.36. The Hall–Kier alpha value is -1.88. The van der Waals surface area contributed by atoms with Crippen LogP contribution in [-0.4, -0.2) is 39.3 Å². The van der Waals surface area contributed by atoms with Crippen LogP contribution >= 0.6 is 12.4 Å². The third-order valence-electron chi connectivity index (χ3n) is 3.93. The van der Waals surface area contributed by atoms with Crippen molar-refractivity contribution in [3.8, 4) is 0 Å². The maximum Gasteiger partial charge on any atom is 0.233 e. The Balaban J connectivity index is 0.00000312. The van der Waals surface area contributed by atoms with Crippen molar-refractivity contribution in [1.29, 1.82) is 0 Å². The van der Waals surface area contributed by atoms with Crippen molar-refractivity contribution in [2.75, 3.05) is 33.4 Å². The van der Waals surface area contributed by atoms with Crippen LogP contribution in [0, 0.1) is 0 Å². The molecule has 0 saturated heterocycles. The Bertz CT molecular complexity index is 554. The highest BCUT2D eigenvalue weighted by Crippen LogP contribution is 2.27. The van der Waals surface area contributed by atoms with Gasteiger partial charge in [-0.2, -0.15) is 0 Å². The Morgan fingerprint density at radius 1 is 0.960 bits per heavy atom. The first-order chi connectivity index (χ1) is 11.8. The lowest BCUT2D eigenvalue weighted by molar-refractivity contribution is -0.120. The number of nitrogens with one attached hydrogen (secondary N) is 2. The van der Waals surface area contributed by atoms with E-state index in [1.165, 1.54) is 11.1 Å². The molecule has 2 aromatic rings. The van der Waals surface area contributed by atoms with Crippen molar-refractivity contribution < 1.29 is 9.53 Å². The van der Waals surface area contributed by atoms with Gasteiger partial charge in [0.2, 0.25) is 5.91 Å². The van der Waals surface area contributed by atoms with E-state index < -0.39 is 0 Å². The smallest absolute Gasteiger partial charge is 0.233 e. The van der Waals surface area contributed by atoms with Gasteiger partial charge in [0.25, 0.3) is 0 Å². The molecule has 0 spiro atoms. The number of hydrogen-bond acceptors (Lipinski definition) is 3. The molecule has 2 N–H and O–H groups in total. The summed E-state index contributed by atoms with van der Waals surface area (Å²) < 4.78 is 4.94. The molecule has 4 nitrogen and oxygen atoms in total. The van der Waals surface area contributed by atoms with Gasteiger partial charge in [0.1, 0.15) is 0 Å². The van der Waals surface area contributed by atoms with Gasteiger partial charge in [0.05, 0.1) is 13.2 Å². The maximum absolute atomic E-state index is 11.8. The number of carbonyl (C=O) groups is 1. The molecule has 0 aliphatic heterocycles. The fraction of sp³-hybridized carbons (Fsp3) is 0.350. The summed E-state index contributed by atoms with van der Waals surface area (Å²) in [5, 5.41) is 6.04. The van der Waals surface area contributed by atoms with Gasteiger partial charge in [-0.25, -0.2) is 0 Å². The summed E-state index contributed by atoms with van der Waals surface area (Å²) in [7, 11) is 1.65. The molecule has 0 unspecified atom stereocenters. The molecule has 0 radical (unpaired) electrons. The lowest BCUT2D eigenvalue weighted by Gasteiger charge is -2.18. The Kier molecular flexibility index (Phi) is 10.6. The first kappa shape index (κ1) is 21.2. The molecule has 0 heterocycles. The van der Waals surface area contributed by atoms with Gasteiger partial charge in [-0.05, 0) is 17.5 Å². The normalized spacial score (nSPS) is 10.3. The van der Waals surface area contributed by atoms with E-state index in [1.54, 1.807) is 7.11 Å². The van der Waals surface area contributed by atoms with Crippen molar-refractivity contribution >= 4 is 18.3 Å². The van der Waals surface area contributed by atoms with Crippen LogP contribution in [0.1, 0.15) is 23.5 Å². The van der Waals surface area contributed by atoms with Crippen LogP contribution in [0.4, 0.5) is 0 Å². The maximum atomic E-state index is 11.8. The summed E-state index contributed by atoms with van der Waals surface area (Å²) in [5.74, 6) is 0.306.